The molecular formula is C18H20N6. The number of benzene rings is 1. The molecule has 1 fully saturated rings. The highest BCUT2D eigenvalue weighted by Crippen LogP contribution is 2.32. The second-order valence-electron chi connectivity index (χ2n) is 6.11. The van der Waals surface area contributed by atoms with E-state index in [0.29, 0.717) is 11.5 Å². The Bertz CT molecular complexity index is 886. The van der Waals surface area contributed by atoms with Crippen molar-refractivity contribution in [3.8, 4) is 0 Å². The topological polar surface area (TPSA) is 80.0 Å². The molecule has 24 heavy (non-hydrogen) atoms. The molecule has 1 aromatic carbocycles. The maximum Gasteiger partial charge on any atom is 0.159 e. The first-order chi connectivity index (χ1) is 11.7. The summed E-state index contributed by atoms with van der Waals surface area (Å²) < 4.78 is 0. The first-order valence-corrected chi connectivity index (χ1v) is 8.21. The summed E-state index contributed by atoms with van der Waals surface area (Å²) >= 11 is 0. The number of nitrogen functional groups attached to an aromatic ring is 1. The van der Waals surface area contributed by atoms with Gasteiger partial charge in [0.2, 0.25) is 0 Å². The quantitative estimate of drug-likeness (QED) is 0.771. The van der Waals surface area contributed by atoms with Crippen LogP contribution in [0.5, 0.6) is 0 Å². The van der Waals surface area contributed by atoms with Gasteiger partial charge in [-0.1, -0.05) is 18.2 Å². The fraction of sp³-hybridized carbons (Fsp3) is 0.278. The van der Waals surface area contributed by atoms with E-state index in [2.05, 4.69) is 31.2 Å². The Morgan fingerprint density at radius 2 is 1.92 bits per heavy atom. The van der Waals surface area contributed by atoms with Gasteiger partial charge in [-0.15, -0.1) is 0 Å². The van der Waals surface area contributed by atoms with E-state index in [4.69, 9.17) is 5.73 Å². The largest absolute Gasteiger partial charge is 0.393 e. The Hall–Kier alpha value is -2.89. The number of para-hydroxylation sites is 1. The molecule has 0 bridgehead atoms. The molecule has 3 N–H and O–H groups in total. The van der Waals surface area contributed by atoms with Crippen LogP contribution in [0.3, 0.4) is 0 Å². The molecule has 0 saturated carbocycles. The molecule has 6 nitrogen and oxygen atoms in total. The average Bonchev–Trinajstić information content (AvgIpc) is 3.11. The molecule has 4 rings (SSSR count). The Balaban J connectivity index is 1.73. The summed E-state index contributed by atoms with van der Waals surface area (Å²) in [6, 6.07) is 10.1. The van der Waals surface area contributed by atoms with Crippen molar-refractivity contribution >= 4 is 33.9 Å². The van der Waals surface area contributed by atoms with Gasteiger partial charge in [-0.05, 0) is 31.9 Å². The minimum atomic E-state index is 0.587. The monoisotopic (exact) mass is 320 g/mol. The number of nitrogens with zero attached hydrogens (tertiary/aromatic N) is 4. The predicted octanol–water partition coefficient (Wildman–Crippen LogP) is 3.26. The van der Waals surface area contributed by atoms with E-state index < -0.39 is 0 Å². The van der Waals surface area contributed by atoms with Gasteiger partial charge < -0.3 is 16.0 Å². The van der Waals surface area contributed by atoms with Gasteiger partial charge in [-0.3, -0.25) is 4.98 Å². The third kappa shape index (κ3) is 2.60. The first kappa shape index (κ1) is 14.7. The van der Waals surface area contributed by atoms with Crippen LogP contribution in [0.15, 0.2) is 36.7 Å². The van der Waals surface area contributed by atoms with Crippen LogP contribution in [0.1, 0.15) is 18.5 Å². The highest BCUT2D eigenvalue weighted by Gasteiger charge is 2.19. The van der Waals surface area contributed by atoms with Gasteiger partial charge in [-0.25, -0.2) is 9.97 Å². The third-order valence-corrected chi connectivity index (χ3v) is 4.38. The van der Waals surface area contributed by atoms with Crippen molar-refractivity contribution in [3.63, 3.8) is 0 Å². The second-order valence-corrected chi connectivity index (χ2v) is 6.11. The molecule has 1 aliphatic heterocycles. The molecular weight excluding hydrogens is 300 g/mol. The second kappa shape index (κ2) is 5.96. The zero-order valence-corrected chi connectivity index (χ0v) is 13.7. The maximum absolute atomic E-state index is 6.34. The van der Waals surface area contributed by atoms with Gasteiger partial charge in [0.15, 0.2) is 11.6 Å². The molecule has 0 amide bonds. The molecule has 2 aromatic heterocycles. The van der Waals surface area contributed by atoms with E-state index in [1.165, 1.54) is 12.8 Å². The zero-order chi connectivity index (χ0) is 16.5. The van der Waals surface area contributed by atoms with Crippen molar-refractivity contribution in [1.29, 1.82) is 0 Å². The lowest BCUT2D eigenvalue weighted by atomic mass is 10.1. The van der Waals surface area contributed by atoms with Gasteiger partial charge in [0.1, 0.15) is 12.0 Å². The van der Waals surface area contributed by atoms with E-state index in [1.54, 1.807) is 6.33 Å². The van der Waals surface area contributed by atoms with Gasteiger partial charge >= 0.3 is 0 Å². The van der Waals surface area contributed by atoms with Crippen LogP contribution in [0.4, 0.5) is 23.0 Å². The molecule has 3 aromatic rings. The molecule has 0 radical (unpaired) electrons. The van der Waals surface area contributed by atoms with Crippen molar-refractivity contribution in [3.05, 3.63) is 42.4 Å². The van der Waals surface area contributed by atoms with Crippen LogP contribution in [0, 0.1) is 6.92 Å². The van der Waals surface area contributed by atoms with Crippen LogP contribution in [-0.4, -0.2) is 28.0 Å². The Labute approximate surface area is 140 Å². The van der Waals surface area contributed by atoms with Crippen molar-refractivity contribution in [2.24, 2.45) is 0 Å². The SMILES string of the molecule is Cc1ccc2cccc(Nc3ncnc(N4CCCC4)c3N)c2n1. The third-order valence-electron chi connectivity index (χ3n) is 4.38. The van der Waals surface area contributed by atoms with E-state index in [-0.39, 0.29) is 0 Å². The van der Waals surface area contributed by atoms with Crippen LogP contribution >= 0.6 is 0 Å². The Kier molecular flexibility index (Phi) is 3.65. The molecule has 122 valence electrons. The Morgan fingerprint density at radius 1 is 1.08 bits per heavy atom. The molecule has 6 heteroatoms. The smallest absolute Gasteiger partial charge is 0.159 e. The number of aromatic nitrogens is 3. The molecule has 0 atom stereocenters. The fourth-order valence-electron chi connectivity index (χ4n) is 3.14. The lowest BCUT2D eigenvalue weighted by molar-refractivity contribution is 0.931. The molecule has 3 heterocycles. The number of fused-ring (bicyclic) bond motifs is 1. The molecule has 1 saturated heterocycles. The molecule has 0 unspecified atom stereocenters. The Morgan fingerprint density at radius 3 is 2.75 bits per heavy atom. The van der Waals surface area contributed by atoms with Gasteiger partial charge in [0.05, 0.1) is 11.2 Å². The number of nitrogens with two attached hydrogens (primary N) is 1. The lowest BCUT2D eigenvalue weighted by Crippen LogP contribution is -2.21. The number of rotatable bonds is 3. The maximum atomic E-state index is 6.34. The summed E-state index contributed by atoms with van der Waals surface area (Å²) in [6.45, 7) is 3.98. The van der Waals surface area contributed by atoms with Gasteiger partial charge in [0.25, 0.3) is 0 Å². The minimum absolute atomic E-state index is 0.587. The lowest BCUT2D eigenvalue weighted by Gasteiger charge is -2.19. The number of aryl methyl sites for hydroxylation is 1. The number of pyridine rings is 1. The van der Waals surface area contributed by atoms with Crippen LogP contribution in [0.2, 0.25) is 0 Å². The minimum Gasteiger partial charge on any atom is -0.393 e. The van der Waals surface area contributed by atoms with Crippen molar-refractivity contribution in [1.82, 2.24) is 15.0 Å². The van der Waals surface area contributed by atoms with Gasteiger partial charge in [0, 0.05) is 24.2 Å². The van der Waals surface area contributed by atoms with Crippen LogP contribution < -0.4 is 16.0 Å². The van der Waals surface area contributed by atoms with E-state index in [0.717, 1.165) is 41.2 Å². The van der Waals surface area contributed by atoms with E-state index in [1.807, 2.05) is 31.2 Å². The van der Waals surface area contributed by atoms with Crippen molar-refractivity contribution < 1.29 is 0 Å². The number of hydrogen-bond donors (Lipinski definition) is 2. The standard InChI is InChI=1S/C18H20N6/c1-12-7-8-13-5-4-6-14(16(13)22-12)23-17-15(19)18(21-11-20-17)24-9-2-3-10-24/h4-8,11H,2-3,9-10,19H2,1H3,(H,20,21,23). The predicted molar refractivity (Wildman–Crippen MR) is 97.7 cm³/mol. The molecule has 1 aliphatic rings. The van der Waals surface area contributed by atoms with E-state index in [9.17, 15) is 0 Å². The number of hydrogen-bond acceptors (Lipinski definition) is 6. The highest BCUT2D eigenvalue weighted by atomic mass is 15.2. The summed E-state index contributed by atoms with van der Waals surface area (Å²) in [5, 5.41) is 4.42. The zero-order valence-electron chi connectivity index (χ0n) is 13.7. The summed E-state index contributed by atoms with van der Waals surface area (Å²) in [5.74, 6) is 1.44. The van der Waals surface area contributed by atoms with E-state index >= 15 is 0 Å². The van der Waals surface area contributed by atoms with Gasteiger partial charge in [-0.2, -0.15) is 0 Å². The summed E-state index contributed by atoms with van der Waals surface area (Å²) in [6.07, 6.45) is 3.92. The molecule has 0 aliphatic carbocycles. The summed E-state index contributed by atoms with van der Waals surface area (Å²) in [4.78, 5) is 15.6. The summed E-state index contributed by atoms with van der Waals surface area (Å²) in [5.41, 5.74) is 9.71. The number of anilines is 4. The van der Waals surface area contributed by atoms with Crippen LogP contribution in [0.25, 0.3) is 10.9 Å². The fourth-order valence-corrected chi connectivity index (χ4v) is 3.14. The van der Waals surface area contributed by atoms with Crippen molar-refractivity contribution in [2.45, 2.75) is 19.8 Å². The summed E-state index contributed by atoms with van der Waals surface area (Å²) in [7, 11) is 0. The number of nitrogens with one attached hydrogen (secondary N) is 1. The first-order valence-electron chi connectivity index (χ1n) is 8.21. The highest BCUT2D eigenvalue weighted by molar-refractivity contribution is 5.93. The normalized spacial score (nSPS) is 14.3. The van der Waals surface area contributed by atoms with Crippen molar-refractivity contribution in [2.75, 3.05) is 29.0 Å². The van der Waals surface area contributed by atoms with Crippen LogP contribution in [-0.2, 0) is 0 Å². The average molecular weight is 320 g/mol. The molecule has 0 spiro atoms.